The molecule has 0 amide bonds. The smallest absolute Gasteiger partial charge is 0.217 e. The molecule has 7 unspecified atom stereocenters. The van der Waals surface area contributed by atoms with Gasteiger partial charge in [-0.3, -0.25) is 10.9 Å². The van der Waals surface area contributed by atoms with E-state index in [4.69, 9.17) is 9.47 Å². The molecule has 11 heteroatoms. The number of sulfonamides is 1. The van der Waals surface area contributed by atoms with E-state index in [2.05, 4.69) is 44.8 Å². The Bertz CT molecular complexity index is 773. The largest absolute Gasteiger partial charge is 0.380 e. The standard InChI is InChI=1S/C23H46N6O4S/c1-6-23(7-2,33-5)17-10-11-24-20(12-17)29-15-18(14-26-29)34(30,31)27-21-19(32-4)9-8-16-13-25-28(3)22(16)21/h16-22,24-27H,6-15H2,1-5H3. The van der Waals surface area contributed by atoms with Crippen molar-refractivity contribution in [1.82, 2.24) is 30.9 Å². The van der Waals surface area contributed by atoms with Crippen molar-refractivity contribution in [2.75, 3.05) is 47.4 Å². The van der Waals surface area contributed by atoms with Gasteiger partial charge in [-0.1, -0.05) is 13.8 Å². The molecule has 1 aliphatic carbocycles. The molecule has 3 heterocycles. The van der Waals surface area contributed by atoms with Crippen molar-refractivity contribution in [3.8, 4) is 0 Å². The highest BCUT2D eigenvalue weighted by Gasteiger charge is 2.48. The van der Waals surface area contributed by atoms with Crippen LogP contribution in [0.4, 0.5) is 0 Å². The summed E-state index contributed by atoms with van der Waals surface area (Å²) in [6.45, 7) is 7.09. The summed E-state index contributed by atoms with van der Waals surface area (Å²) in [5.41, 5.74) is 6.65. The molecule has 0 radical (unpaired) electrons. The number of hydrogen-bond donors (Lipinski definition) is 4. The van der Waals surface area contributed by atoms with Crippen molar-refractivity contribution < 1.29 is 17.9 Å². The second-order valence-electron chi connectivity index (χ2n) is 10.6. The molecule has 34 heavy (non-hydrogen) atoms. The van der Waals surface area contributed by atoms with Gasteiger partial charge in [0.2, 0.25) is 10.0 Å². The maximum atomic E-state index is 13.5. The molecule has 3 aliphatic heterocycles. The summed E-state index contributed by atoms with van der Waals surface area (Å²) in [6.07, 6.45) is 5.89. The van der Waals surface area contributed by atoms with Gasteiger partial charge in [0.1, 0.15) is 5.25 Å². The third kappa shape index (κ3) is 5.05. The quantitative estimate of drug-likeness (QED) is 0.353. The second-order valence-corrected chi connectivity index (χ2v) is 12.6. The Balaban J connectivity index is 1.41. The molecule has 3 saturated heterocycles. The van der Waals surface area contributed by atoms with E-state index in [0.717, 1.165) is 51.6 Å². The second kappa shape index (κ2) is 10.9. The van der Waals surface area contributed by atoms with Crippen molar-refractivity contribution in [2.24, 2.45) is 11.8 Å². The molecule has 4 aliphatic rings. The topological polar surface area (TPSA) is 107 Å². The predicted molar refractivity (Wildman–Crippen MR) is 132 cm³/mol. The van der Waals surface area contributed by atoms with Crippen molar-refractivity contribution in [3.05, 3.63) is 0 Å². The van der Waals surface area contributed by atoms with Gasteiger partial charge in [-0.15, -0.1) is 0 Å². The lowest BCUT2D eigenvalue weighted by atomic mass is 9.76. The Kier molecular flexibility index (Phi) is 8.59. The lowest BCUT2D eigenvalue weighted by molar-refractivity contribution is -0.0873. The molecule has 10 nitrogen and oxygen atoms in total. The number of hydrogen-bond acceptors (Lipinski definition) is 9. The first-order chi connectivity index (χ1) is 16.3. The summed E-state index contributed by atoms with van der Waals surface area (Å²) in [6, 6.07) is -0.152. The van der Waals surface area contributed by atoms with Crippen LogP contribution in [0.1, 0.15) is 52.4 Å². The van der Waals surface area contributed by atoms with E-state index in [1.807, 2.05) is 14.2 Å². The van der Waals surface area contributed by atoms with E-state index in [1.165, 1.54) is 0 Å². The Morgan fingerprint density at radius 2 is 1.85 bits per heavy atom. The monoisotopic (exact) mass is 502 g/mol. The van der Waals surface area contributed by atoms with Crippen LogP contribution in [0, 0.1) is 11.8 Å². The summed E-state index contributed by atoms with van der Waals surface area (Å²) in [7, 11) is 1.98. The average Bonchev–Trinajstić information content (AvgIpc) is 3.49. The summed E-state index contributed by atoms with van der Waals surface area (Å²) >= 11 is 0. The van der Waals surface area contributed by atoms with Crippen LogP contribution in [0.5, 0.6) is 0 Å². The highest BCUT2D eigenvalue weighted by atomic mass is 32.2. The maximum Gasteiger partial charge on any atom is 0.217 e. The first kappa shape index (κ1) is 26.7. The number of methoxy groups -OCH3 is 2. The Hall–Kier alpha value is -0.370. The highest BCUT2D eigenvalue weighted by Crippen LogP contribution is 2.37. The molecule has 4 rings (SSSR count). The fourth-order valence-electron chi connectivity index (χ4n) is 6.99. The minimum absolute atomic E-state index is 0.0996. The molecular weight excluding hydrogens is 456 g/mol. The minimum Gasteiger partial charge on any atom is -0.380 e. The Morgan fingerprint density at radius 3 is 2.53 bits per heavy atom. The molecule has 4 N–H and O–H groups in total. The van der Waals surface area contributed by atoms with Gasteiger partial charge in [-0.05, 0) is 56.9 Å². The van der Waals surface area contributed by atoms with Gasteiger partial charge in [0.05, 0.1) is 23.9 Å². The van der Waals surface area contributed by atoms with Gasteiger partial charge in [0, 0.05) is 46.9 Å². The Labute approximate surface area is 205 Å². The van der Waals surface area contributed by atoms with Crippen molar-refractivity contribution in [2.45, 2.75) is 87.6 Å². The van der Waals surface area contributed by atoms with Gasteiger partial charge in [0.15, 0.2) is 0 Å². The molecule has 0 aromatic carbocycles. The molecule has 7 atom stereocenters. The van der Waals surface area contributed by atoms with E-state index >= 15 is 0 Å². The zero-order chi connectivity index (χ0) is 24.5. The average molecular weight is 503 g/mol. The number of hydrazine groups is 2. The third-order valence-corrected chi connectivity index (χ3v) is 11.0. The van der Waals surface area contributed by atoms with Crippen LogP contribution < -0.4 is 20.9 Å². The molecule has 0 aromatic heterocycles. The predicted octanol–water partition coefficient (Wildman–Crippen LogP) is 0.238. The summed E-state index contributed by atoms with van der Waals surface area (Å²) in [5.74, 6) is 0.880. The van der Waals surface area contributed by atoms with Crippen molar-refractivity contribution >= 4 is 10.0 Å². The number of ether oxygens (including phenoxy) is 2. The molecule has 198 valence electrons. The third-order valence-electron chi connectivity index (χ3n) is 9.19. The number of likely N-dealkylation sites (N-methyl/N-ethyl adjacent to an activating group) is 1. The molecule has 0 spiro atoms. The highest BCUT2D eigenvalue weighted by molar-refractivity contribution is 7.90. The molecule has 1 saturated carbocycles. The van der Waals surface area contributed by atoms with Crippen LogP contribution in [0.2, 0.25) is 0 Å². The van der Waals surface area contributed by atoms with Crippen LogP contribution in [0.15, 0.2) is 0 Å². The number of nitrogens with one attached hydrogen (secondary N) is 4. The number of piperidine rings is 1. The first-order valence-corrected chi connectivity index (χ1v) is 14.6. The van der Waals surface area contributed by atoms with Crippen LogP contribution in [-0.2, 0) is 19.5 Å². The van der Waals surface area contributed by atoms with Gasteiger partial charge in [-0.2, -0.15) is 0 Å². The summed E-state index contributed by atoms with van der Waals surface area (Å²) < 4.78 is 41.9. The van der Waals surface area contributed by atoms with Gasteiger partial charge in [0.25, 0.3) is 0 Å². The fourth-order valence-corrected chi connectivity index (χ4v) is 8.50. The molecule has 0 bridgehead atoms. The van der Waals surface area contributed by atoms with E-state index in [0.29, 0.717) is 24.9 Å². The van der Waals surface area contributed by atoms with E-state index in [-0.39, 0.29) is 30.0 Å². The van der Waals surface area contributed by atoms with Crippen LogP contribution in [0.3, 0.4) is 0 Å². The Morgan fingerprint density at radius 1 is 1.09 bits per heavy atom. The zero-order valence-electron chi connectivity index (χ0n) is 21.5. The van der Waals surface area contributed by atoms with Crippen molar-refractivity contribution in [3.63, 3.8) is 0 Å². The lowest BCUT2D eigenvalue weighted by Gasteiger charge is -2.45. The zero-order valence-corrected chi connectivity index (χ0v) is 22.4. The van der Waals surface area contributed by atoms with E-state index in [1.54, 1.807) is 7.11 Å². The van der Waals surface area contributed by atoms with Crippen LogP contribution in [0.25, 0.3) is 0 Å². The maximum absolute atomic E-state index is 13.5. The normalized spacial score (nSPS) is 38.3. The number of nitrogens with zero attached hydrogens (tertiary/aromatic N) is 2. The fraction of sp³-hybridized carbons (Fsp3) is 1.00. The van der Waals surface area contributed by atoms with E-state index < -0.39 is 15.3 Å². The minimum atomic E-state index is -3.53. The number of fused-ring (bicyclic) bond motifs is 1. The molecule has 4 fully saturated rings. The van der Waals surface area contributed by atoms with Crippen molar-refractivity contribution in [1.29, 1.82) is 0 Å². The van der Waals surface area contributed by atoms with Gasteiger partial charge >= 0.3 is 0 Å². The summed E-state index contributed by atoms with van der Waals surface area (Å²) in [5, 5.41) is 7.26. The van der Waals surface area contributed by atoms with Gasteiger partial charge in [-0.25, -0.2) is 23.2 Å². The molecule has 0 aromatic rings. The van der Waals surface area contributed by atoms with Crippen LogP contribution >= 0.6 is 0 Å². The number of rotatable bonds is 9. The first-order valence-electron chi connectivity index (χ1n) is 13.1. The SMILES string of the molecule is CCC(CC)(OC)C1CCNC(N2CC(S(=O)(=O)NC3C(OC)CCC4CNN(C)C43)CN2)C1. The van der Waals surface area contributed by atoms with Gasteiger partial charge < -0.3 is 14.8 Å². The summed E-state index contributed by atoms with van der Waals surface area (Å²) in [4.78, 5) is 0. The lowest BCUT2D eigenvalue weighted by Crippen LogP contribution is -2.61. The van der Waals surface area contributed by atoms with E-state index in [9.17, 15) is 8.42 Å². The van der Waals surface area contributed by atoms with Crippen LogP contribution in [-0.4, -0.2) is 101 Å². The molecular formula is C23H46N6O4S.